The molecular weight excluding hydrogens is 336 g/mol. The Kier molecular flexibility index (Phi) is 5.48. The number of aryl methyl sites for hydroxylation is 1. The molecule has 0 amide bonds. The lowest BCUT2D eigenvalue weighted by Crippen LogP contribution is -2.24. The molecule has 0 aromatic heterocycles. The summed E-state index contributed by atoms with van der Waals surface area (Å²) in [6.45, 7) is 4.60. The Morgan fingerprint density at radius 3 is 2.57 bits per heavy atom. The fraction of sp³-hybridized carbons (Fsp3) is 0.294. The van der Waals surface area contributed by atoms with E-state index >= 15 is 0 Å². The first-order valence-corrected chi connectivity index (χ1v) is 7.77. The van der Waals surface area contributed by atoms with Gasteiger partial charge in [0.25, 0.3) is 0 Å². The zero-order valence-corrected chi connectivity index (χ0v) is 13.7. The van der Waals surface area contributed by atoms with Gasteiger partial charge in [-0.15, -0.1) is 0 Å². The van der Waals surface area contributed by atoms with Crippen LogP contribution in [0.15, 0.2) is 40.9 Å². The van der Waals surface area contributed by atoms with Crippen LogP contribution in [-0.4, -0.2) is 6.54 Å². The van der Waals surface area contributed by atoms with Crippen molar-refractivity contribution in [2.45, 2.75) is 26.3 Å². The highest BCUT2D eigenvalue weighted by molar-refractivity contribution is 9.10. The Bertz CT molecular complexity index is 628. The van der Waals surface area contributed by atoms with E-state index in [1.54, 1.807) is 25.1 Å². The molecule has 0 saturated carbocycles. The van der Waals surface area contributed by atoms with E-state index in [1.807, 2.05) is 6.07 Å². The number of hydrogen-bond acceptors (Lipinski definition) is 1. The number of rotatable bonds is 5. The first-order chi connectivity index (χ1) is 10.0. The molecule has 0 bridgehead atoms. The van der Waals surface area contributed by atoms with E-state index in [4.69, 9.17) is 0 Å². The minimum atomic E-state index is -0.297. The maximum absolute atomic E-state index is 13.8. The van der Waals surface area contributed by atoms with E-state index in [-0.39, 0.29) is 17.7 Å². The molecule has 1 unspecified atom stereocenters. The number of hydrogen-bond donors (Lipinski definition) is 1. The van der Waals surface area contributed by atoms with Crippen molar-refractivity contribution >= 4 is 15.9 Å². The van der Waals surface area contributed by atoms with Crippen LogP contribution in [-0.2, 0) is 0 Å². The van der Waals surface area contributed by atoms with Gasteiger partial charge in [-0.2, -0.15) is 0 Å². The predicted octanol–water partition coefficient (Wildman–Crippen LogP) is 5.12. The molecule has 0 fully saturated rings. The standard InChI is InChI=1S/C17H18BrF2N/c1-3-9-21-17(12-7-8-14(19)11(2)10-12)13-5-4-6-15(20)16(13)18/h4-8,10,17,21H,3,9H2,1-2H3. The fourth-order valence-corrected chi connectivity index (χ4v) is 2.78. The summed E-state index contributed by atoms with van der Waals surface area (Å²) in [5, 5.41) is 3.40. The van der Waals surface area contributed by atoms with Gasteiger partial charge >= 0.3 is 0 Å². The fourth-order valence-electron chi connectivity index (χ4n) is 2.29. The maximum Gasteiger partial charge on any atom is 0.137 e. The molecule has 1 atom stereocenters. The van der Waals surface area contributed by atoms with Crippen molar-refractivity contribution in [2.75, 3.05) is 6.54 Å². The van der Waals surface area contributed by atoms with Crippen LogP contribution in [0.3, 0.4) is 0 Å². The topological polar surface area (TPSA) is 12.0 Å². The van der Waals surface area contributed by atoms with Crippen molar-refractivity contribution in [3.05, 3.63) is 69.2 Å². The smallest absolute Gasteiger partial charge is 0.137 e. The molecule has 0 saturated heterocycles. The lowest BCUT2D eigenvalue weighted by atomic mass is 9.97. The summed E-state index contributed by atoms with van der Waals surface area (Å²) in [7, 11) is 0. The quantitative estimate of drug-likeness (QED) is 0.785. The second-order valence-corrected chi connectivity index (χ2v) is 5.83. The summed E-state index contributed by atoms with van der Waals surface area (Å²) in [6, 6.07) is 9.81. The summed E-state index contributed by atoms with van der Waals surface area (Å²) < 4.78 is 27.7. The molecule has 0 spiro atoms. The van der Waals surface area contributed by atoms with E-state index in [0.29, 0.717) is 10.0 Å². The lowest BCUT2D eigenvalue weighted by molar-refractivity contribution is 0.576. The van der Waals surface area contributed by atoms with Gasteiger partial charge in [0.1, 0.15) is 11.6 Å². The molecule has 0 aliphatic carbocycles. The van der Waals surface area contributed by atoms with Crippen LogP contribution < -0.4 is 5.32 Å². The van der Waals surface area contributed by atoms with Gasteiger partial charge in [-0.1, -0.05) is 31.2 Å². The number of benzene rings is 2. The molecule has 2 rings (SSSR count). The van der Waals surface area contributed by atoms with E-state index in [1.165, 1.54) is 12.1 Å². The summed E-state index contributed by atoms with van der Waals surface area (Å²) in [6.07, 6.45) is 0.962. The minimum absolute atomic E-state index is 0.172. The Morgan fingerprint density at radius 2 is 1.90 bits per heavy atom. The largest absolute Gasteiger partial charge is 0.306 e. The molecule has 0 aliphatic heterocycles. The van der Waals surface area contributed by atoms with Gasteiger partial charge in [0.15, 0.2) is 0 Å². The molecule has 1 N–H and O–H groups in total. The SMILES string of the molecule is CCCNC(c1ccc(F)c(C)c1)c1cccc(F)c1Br. The monoisotopic (exact) mass is 353 g/mol. The molecule has 0 aliphatic rings. The highest BCUT2D eigenvalue weighted by atomic mass is 79.9. The summed E-state index contributed by atoms with van der Waals surface area (Å²) in [4.78, 5) is 0. The van der Waals surface area contributed by atoms with Gasteiger partial charge in [0.2, 0.25) is 0 Å². The van der Waals surface area contributed by atoms with Crippen molar-refractivity contribution in [3.8, 4) is 0 Å². The van der Waals surface area contributed by atoms with Crippen molar-refractivity contribution in [2.24, 2.45) is 0 Å². The zero-order valence-electron chi connectivity index (χ0n) is 12.1. The molecule has 0 heterocycles. The molecule has 1 nitrogen and oxygen atoms in total. The third kappa shape index (κ3) is 3.69. The number of nitrogens with one attached hydrogen (secondary N) is 1. The first-order valence-electron chi connectivity index (χ1n) is 6.98. The Balaban J connectivity index is 2.47. The van der Waals surface area contributed by atoms with Gasteiger partial charge < -0.3 is 5.32 Å². The van der Waals surface area contributed by atoms with E-state index in [2.05, 4.69) is 28.2 Å². The highest BCUT2D eigenvalue weighted by Crippen LogP contribution is 2.31. The van der Waals surface area contributed by atoms with Crippen molar-refractivity contribution in [3.63, 3.8) is 0 Å². The van der Waals surface area contributed by atoms with Crippen LogP contribution in [0.5, 0.6) is 0 Å². The van der Waals surface area contributed by atoms with Gasteiger partial charge in [0, 0.05) is 0 Å². The van der Waals surface area contributed by atoms with Crippen molar-refractivity contribution < 1.29 is 8.78 Å². The average molecular weight is 354 g/mol. The molecule has 4 heteroatoms. The molecular formula is C17H18BrF2N. The van der Waals surface area contributed by atoms with E-state index < -0.39 is 0 Å². The van der Waals surface area contributed by atoms with Crippen LogP contribution in [0.25, 0.3) is 0 Å². The maximum atomic E-state index is 13.8. The van der Waals surface area contributed by atoms with Gasteiger partial charge in [0.05, 0.1) is 10.5 Å². The van der Waals surface area contributed by atoms with Gasteiger partial charge in [-0.25, -0.2) is 8.78 Å². The van der Waals surface area contributed by atoms with E-state index in [9.17, 15) is 8.78 Å². The predicted molar refractivity (Wildman–Crippen MR) is 85.4 cm³/mol. The van der Waals surface area contributed by atoms with Gasteiger partial charge in [-0.3, -0.25) is 0 Å². The highest BCUT2D eigenvalue weighted by Gasteiger charge is 2.18. The molecule has 0 radical (unpaired) electrons. The summed E-state index contributed by atoms with van der Waals surface area (Å²) in [5.41, 5.74) is 2.33. The molecule has 2 aromatic carbocycles. The Hall–Kier alpha value is -1.26. The molecule has 112 valence electrons. The summed E-state index contributed by atoms with van der Waals surface area (Å²) >= 11 is 3.31. The first kappa shape index (κ1) is 16.1. The van der Waals surface area contributed by atoms with Crippen LogP contribution in [0.4, 0.5) is 8.78 Å². The van der Waals surface area contributed by atoms with Crippen LogP contribution >= 0.6 is 15.9 Å². The van der Waals surface area contributed by atoms with Crippen LogP contribution in [0.2, 0.25) is 0 Å². The average Bonchev–Trinajstić information content (AvgIpc) is 2.47. The lowest BCUT2D eigenvalue weighted by Gasteiger charge is -2.21. The van der Waals surface area contributed by atoms with Gasteiger partial charge in [-0.05, 0) is 64.6 Å². The van der Waals surface area contributed by atoms with Crippen LogP contribution in [0.1, 0.15) is 36.1 Å². The van der Waals surface area contributed by atoms with Crippen molar-refractivity contribution in [1.82, 2.24) is 5.32 Å². The van der Waals surface area contributed by atoms with E-state index in [0.717, 1.165) is 24.1 Å². The minimum Gasteiger partial charge on any atom is -0.306 e. The normalized spacial score (nSPS) is 12.4. The molecule has 2 aromatic rings. The summed E-state index contributed by atoms with van der Waals surface area (Å²) in [5.74, 6) is -0.527. The van der Waals surface area contributed by atoms with Crippen LogP contribution in [0, 0.1) is 18.6 Å². The number of halogens is 3. The Morgan fingerprint density at radius 1 is 1.14 bits per heavy atom. The zero-order chi connectivity index (χ0) is 15.4. The molecule has 21 heavy (non-hydrogen) atoms. The second-order valence-electron chi connectivity index (χ2n) is 5.04. The van der Waals surface area contributed by atoms with Crippen molar-refractivity contribution in [1.29, 1.82) is 0 Å². The Labute approximate surface area is 132 Å². The second kappa shape index (κ2) is 7.14. The third-order valence-electron chi connectivity index (χ3n) is 3.41. The third-order valence-corrected chi connectivity index (χ3v) is 4.24.